The number of aliphatic hydroxyl groups excluding tert-OH is 1. The third-order valence-electron chi connectivity index (χ3n) is 8.36. The first-order valence-corrected chi connectivity index (χ1v) is 15.6. The van der Waals surface area contributed by atoms with E-state index in [0.29, 0.717) is 6.42 Å². The van der Waals surface area contributed by atoms with Crippen LogP contribution in [0.5, 0.6) is 0 Å². The van der Waals surface area contributed by atoms with Gasteiger partial charge in [0.2, 0.25) is 41.4 Å². The zero-order valence-electron chi connectivity index (χ0n) is 26.3. The molecule has 7 amide bonds. The minimum Gasteiger partial charge on any atom is -0.394 e. The van der Waals surface area contributed by atoms with Gasteiger partial charge in [-0.15, -0.1) is 0 Å². The first-order chi connectivity index (χ1) is 21.9. The fourth-order valence-corrected chi connectivity index (χ4v) is 6.02. The summed E-state index contributed by atoms with van der Waals surface area (Å²) in [6.07, 6.45) is 0.830. The molecule has 0 saturated carbocycles. The van der Waals surface area contributed by atoms with Gasteiger partial charge < -0.3 is 41.5 Å². The number of carbonyl (C=O) groups is 7. The molecule has 1 aromatic carbocycles. The normalized spacial score (nSPS) is 28.1. The van der Waals surface area contributed by atoms with E-state index in [9.17, 15) is 38.7 Å². The Kier molecular flexibility index (Phi) is 11.3. The maximum atomic E-state index is 14.3. The second-order valence-electron chi connectivity index (χ2n) is 12.5. The lowest BCUT2D eigenvalue weighted by molar-refractivity contribution is -0.143. The molecule has 0 bridgehead atoms. The molecule has 0 aromatic heterocycles. The van der Waals surface area contributed by atoms with E-state index in [1.807, 2.05) is 19.9 Å². The van der Waals surface area contributed by atoms with Gasteiger partial charge in [-0.05, 0) is 30.7 Å². The largest absolute Gasteiger partial charge is 0.394 e. The average Bonchev–Trinajstić information content (AvgIpc) is 3.64. The lowest BCUT2D eigenvalue weighted by Crippen LogP contribution is -2.58. The zero-order valence-corrected chi connectivity index (χ0v) is 26.3. The van der Waals surface area contributed by atoms with Crippen LogP contribution in [0.1, 0.15) is 45.1 Å². The van der Waals surface area contributed by atoms with Gasteiger partial charge in [-0.3, -0.25) is 33.6 Å². The number of aliphatic hydroxyl groups is 1. The number of carbonyl (C=O) groups excluding carboxylic acids is 7. The van der Waals surface area contributed by atoms with Crippen molar-refractivity contribution in [3.05, 3.63) is 35.9 Å². The van der Waals surface area contributed by atoms with Crippen LogP contribution in [0.25, 0.3) is 0 Å². The van der Waals surface area contributed by atoms with E-state index in [1.54, 1.807) is 24.3 Å². The van der Waals surface area contributed by atoms with Gasteiger partial charge in [0.15, 0.2) is 0 Å². The van der Waals surface area contributed by atoms with E-state index >= 15 is 0 Å². The third kappa shape index (κ3) is 8.59. The molecule has 0 radical (unpaired) electrons. The van der Waals surface area contributed by atoms with Gasteiger partial charge >= 0.3 is 0 Å². The lowest BCUT2D eigenvalue weighted by Gasteiger charge is -2.30. The lowest BCUT2D eigenvalue weighted by atomic mass is 10.0. The van der Waals surface area contributed by atoms with Gasteiger partial charge in [0, 0.05) is 32.5 Å². The third-order valence-corrected chi connectivity index (χ3v) is 8.36. The van der Waals surface area contributed by atoms with Gasteiger partial charge in [-0.25, -0.2) is 0 Å². The van der Waals surface area contributed by atoms with Crippen LogP contribution in [0.3, 0.4) is 0 Å². The van der Waals surface area contributed by atoms with E-state index in [2.05, 4.69) is 26.6 Å². The Hall–Kier alpha value is -4.53. The summed E-state index contributed by atoms with van der Waals surface area (Å²) in [5.41, 5.74) is 0.734. The number of rotatable bonds is 7. The smallest absolute Gasteiger partial charge is 0.247 e. The van der Waals surface area contributed by atoms with Crippen molar-refractivity contribution in [1.29, 1.82) is 0 Å². The van der Waals surface area contributed by atoms with E-state index in [-0.39, 0.29) is 44.1 Å². The van der Waals surface area contributed by atoms with Crippen LogP contribution in [-0.2, 0) is 40.0 Å². The van der Waals surface area contributed by atoms with Crippen molar-refractivity contribution in [2.45, 2.75) is 82.2 Å². The Morgan fingerprint density at radius 1 is 0.913 bits per heavy atom. The van der Waals surface area contributed by atoms with Crippen LogP contribution in [0.2, 0.25) is 0 Å². The Labute approximate surface area is 267 Å². The predicted octanol–water partition coefficient (Wildman–Crippen LogP) is -2.44. The Morgan fingerprint density at radius 3 is 2.24 bits per heavy atom. The van der Waals surface area contributed by atoms with E-state index in [0.717, 1.165) is 10.5 Å². The highest BCUT2D eigenvalue weighted by molar-refractivity contribution is 5.98. The summed E-state index contributed by atoms with van der Waals surface area (Å²) in [5, 5.41) is 23.4. The molecule has 3 aliphatic heterocycles. The van der Waals surface area contributed by atoms with Crippen LogP contribution in [0.4, 0.5) is 0 Å². The molecule has 250 valence electrons. The van der Waals surface area contributed by atoms with Crippen molar-refractivity contribution >= 4 is 41.4 Å². The number of hydrogen-bond donors (Lipinski definition) is 6. The van der Waals surface area contributed by atoms with Crippen molar-refractivity contribution in [3.8, 4) is 0 Å². The first-order valence-electron chi connectivity index (χ1n) is 15.6. The highest BCUT2D eigenvalue weighted by Gasteiger charge is 2.44. The molecular formula is C31H43N7O8. The Bertz CT molecular complexity index is 1340. The molecule has 6 atom stereocenters. The number of likely N-dealkylation sites (N-methyl/N-ethyl adjacent to an activating group) is 1. The first kappa shape index (κ1) is 34.3. The van der Waals surface area contributed by atoms with Gasteiger partial charge in [0.1, 0.15) is 30.2 Å². The predicted molar refractivity (Wildman–Crippen MR) is 163 cm³/mol. The van der Waals surface area contributed by atoms with Crippen LogP contribution in [0, 0.1) is 5.92 Å². The van der Waals surface area contributed by atoms with Crippen molar-refractivity contribution in [2.75, 3.05) is 26.7 Å². The highest BCUT2D eigenvalue weighted by Crippen LogP contribution is 2.22. The van der Waals surface area contributed by atoms with Crippen LogP contribution in [-0.4, -0.2) is 119 Å². The number of nitrogens with one attached hydrogen (secondary N) is 5. The molecule has 6 N–H and O–H groups in total. The van der Waals surface area contributed by atoms with Gasteiger partial charge in [0.25, 0.3) is 0 Å². The summed E-state index contributed by atoms with van der Waals surface area (Å²) in [6, 6.07) is 2.80. The zero-order chi connectivity index (χ0) is 33.5. The molecule has 0 spiro atoms. The van der Waals surface area contributed by atoms with Crippen molar-refractivity contribution in [2.24, 2.45) is 5.92 Å². The molecular weight excluding hydrogens is 598 g/mol. The fourth-order valence-electron chi connectivity index (χ4n) is 6.02. The van der Waals surface area contributed by atoms with E-state index in [4.69, 9.17) is 0 Å². The molecule has 15 nitrogen and oxygen atoms in total. The summed E-state index contributed by atoms with van der Waals surface area (Å²) in [7, 11) is 1.33. The quantitative estimate of drug-likeness (QED) is 0.188. The van der Waals surface area contributed by atoms with Crippen LogP contribution in [0.15, 0.2) is 30.3 Å². The van der Waals surface area contributed by atoms with Crippen molar-refractivity contribution < 1.29 is 38.7 Å². The number of nitrogens with zero attached hydrogens (tertiary/aromatic N) is 2. The summed E-state index contributed by atoms with van der Waals surface area (Å²) in [6.45, 7) is 2.45. The standard InChI is InChI=1S/C31H43N7O8/c1-17(2)11-21-28(43)35-22(12-18-7-5-4-6-8-18)31(46)38-14-19(32-27(42)20-9-10-25(40)33-20)13-24(38)29(44)36-23(16-39)30(45)37(3)15-26(41)34-21/h4-8,17,19-24,39H,9-16H2,1-3H3,(H,32,42)(H,33,40)(H,34,41)(H,35,43)(H,36,44)/t19-,20-,21-,22-,23-,24-/m0/s1. The molecule has 46 heavy (non-hydrogen) atoms. The summed E-state index contributed by atoms with van der Waals surface area (Å²) < 4.78 is 0. The Balaban J connectivity index is 1.69. The Morgan fingerprint density at radius 2 is 1.61 bits per heavy atom. The minimum atomic E-state index is -1.42. The summed E-state index contributed by atoms with van der Waals surface area (Å²) in [4.78, 5) is 94.6. The molecule has 1 aromatic rings. The van der Waals surface area contributed by atoms with Crippen LogP contribution < -0.4 is 26.6 Å². The minimum absolute atomic E-state index is 0.0154. The maximum Gasteiger partial charge on any atom is 0.247 e. The number of amides is 7. The molecule has 3 fully saturated rings. The topological polar surface area (TPSA) is 206 Å². The van der Waals surface area contributed by atoms with Gasteiger partial charge in [0.05, 0.1) is 13.2 Å². The average molecular weight is 642 g/mol. The second kappa shape index (κ2) is 15.2. The van der Waals surface area contributed by atoms with Crippen molar-refractivity contribution in [3.63, 3.8) is 0 Å². The van der Waals surface area contributed by atoms with E-state index < -0.39 is 84.8 Å². The molecule has 3 saturated heterocycles. The number of benzene rings is 1. The fraction of sp³-hybridized carbons (Fsp3) is 0.581. The van der Waals surface area contributed by atoms with Crippen molar-refractivity contribution in [1.82, 2.24) is 36.4 Å². The molecule has 3 aliphatic rings. The second-order valence-corrected chi connectivity index (χ2v) is 12.5. The molecule has 0 unspecified atom stereocenters. The monoisotopic (exact) mass is 641 g/mol. The maximum absolute atomic E-state index is 14.3. The molecule has 4 rings (SSSR count). The highest BCUT2D eigenvalue weighted by atomic mass is 16.3. The number of hydrogen-bond acceptors (Lipinski definition) is 8. The molecule has 0 aliphatic carbocycles. The molecule has 15 heteroatoms. The van der Waals surface area contributed by atoms with Crippen LogP contribution >= 0.6 is 0 Å². The number of fused-ring (bicyclic) bond motifs is 1. The summed E-state index contributed by atoms with van der Waals surface area (Å²) in [5.74, 6) is -4.03. The molecule has 3 heterocycles. The SMILES string of the molecule is CC(C)C[C@@H]1NC(=O)CN(C)C(=O)[C@H](CO)NC(=O)[C@@H]2C[C@H](NC(=O)[C@@H]3CCC(=O)N3)CN2C(=O)[C@H](Cc2ccccc2)NC1=O. The van der Waals surface area contributed by atoms with Gasteiger partial charge in [-0.1, -0.05) is 44.2 Å². The summed E-state index contributed by atoms with van der Waals surface area (Å²) >= 11 is 0. The van der Waals surface area contributed by atoms with Gasteiger partial charge in [-0.2, -0.15) is 0 Å². The van der Waals surface area contributed by atoms with E-state index in [1.165, 1.54) is 11.9 Å².